The van der Waals surface area contributed by atoms with Crippen molar-refractivity contribution in [1.29, 1.82) is 0 Å². The van der Waals surface area contributed by atoms with Gasteiger partial charge < -0.3 is 14.8 Å². The van der Waals surface area contributed by atoms with Crippen LogP contribution in [0.5, 0.6) is 11.5 Å². The van der Waals surface area contributed by atoms with Gasteiger partial charge in [-0.2, -0.15) is 0 Å². The summed E-state index contributed by atoms with van der Waals surface area (Å²) in [6.07, 6.45) is 0. The molecule has 29 heavy (non-hydrogen) atoms. The quantitative estimate of drug-likeness (QED) is 0.276. The summed E-state index contributed by atoms with van der Waals surface area (Å²) in [4.78, 5) is 0. The SMILES string of the molecule is CCOc1cc(CNc2ccc(Br)cc2C)cc(I)c1OCc1ccc(Cl)cc1. The second-order valence-corrected chi connectivity index (χ2v) is 9.08. The molecule has 3 aromatic carbocycles. The molecule has 0 spiro atoms. The van der Waals surface area contributed by atoms with Gasteiger partial charge in [0, 0.05) is 21.7 Å². The minimum Gasteiger partial charge on any atom is -0.490 e. The molecule has 0 bridgehead atoms. The van der Waals surface area contributed by atoms with Crippen molar-refractivity contribution in [2.24, 2.45) is 0 Å². The zero-order valence-electron chi connectivity index (χ0n) is 16.3. The molecular weight excluding hydrogens is 565 g/mol. The molecule has 0 radical (unpaired) electrons. The number of rotatable bonds is 8. The molecule has 0 aliphatic rings. The topological polar surface area (TPSA) is 30.5 Å². The first-order valence-corrected chi connectivity index (χ1v) is 11.5. The van der Waals surface area contributed by atoms with Crippen LogP contribution in [-0.4, -0.2) is 6.61 Å². The van der Waals surface area contributed by atoms with Crippen LogP contribution < -0.4 is 14.8 Å². The lowest BCUT2D eigenvalue weighted by Gasteiger charge is -2.17. The van der Waals surface area contributed by atoms with Crippen molar-refractivity contribution in [3.8, 4) is 11.5 Å². The highest BCUT2D eigenvalue weighted by Crippen LogP contribution is 2.35. The lowest BCUT2D eigenvalue weighted by molar-refractivity contribution is 0.267. The van der Waals surface area contributed by atoms with E-state index in [0.29, 0.717) is 19.8 Å². The summed E-state index contributed by atoms with van der Waals surface area (Å²) in [5, 5.41) is 4.22. The molecule has 0 unspecified atom stereocenters. The van der Waals surface area contributed by atoms with Crippen molar-refractivity contribution in [2.75, 3.05) is 11.9 Å². The van der Waals surface area contributed by atoms with E-state index in [9.17, 15) is 0 Å². The number of hydrogen-bond donors (Lipinski definition) is 1. The van der Waals surface area contributed by atoms with Crippen molar-refractivity contribution in [3.63, 3.8) is 0 Å². The predicted molar refractivity (Wildman–Crippen MR) is 132 cm³/mol. The summed E-state index contributed by atoms with van der Waals surface area (Å²) in [6, 6.07) is 18.1. The lowest BCUT2D eigenvalue weighted by Crippen LogP contribution is -2.05. The Labute approximate surface area is 199 Å². The molecule has 1 N–H and O–H groups in total. The maximum absolute atomic E-state index is 6.10. The first kappa shape index (κ1) is 22.2. The van der Waals surface area contributed by atoms with E-state index in [2.05, 4.69) is 69.0 Å². The van der Waals surface area contributed by atoms with E-state index in [1.165, 1.54) is 5.56 Å². The number of nitrogens with one attached hydrogen (secondary N) is 1. The van der Waals surface area contributed by atoms with Crippen LogP contribution in [0.3, 0.4) is 0 Å². The maximum atomic E-state index is 6.10. The number of benzene rings is 3. The molecule has 0 aliphatic carbocycles. The molecule has 3 nitrogen and oxygen atoms in total. The van der Waals surface area contributed by atoms with Gasteiger partial charge in [-0.3, -0.25) is 0 Å². The van der Waals surface area contributed by atoms with Gasteiger partial charge in [0.05, 0.1) is 10.2 Å². The Morgan fingerprint density at radius 2 is 1.76 bits per heavy atom. The van der Waals surface area contributed by atoms with Gasteiger partial charge in [-0.1, -0.05) is 39.7 Å². The average Bonchev–Trinajstić information content (AvgIpc) is 2.68. The monoisotopic (exact) mass is 585 g/mol. The Hall–Kier alpha value is -1.44. The van der Waals surface area contributed by atoms with Crippen LogP contribution in [0.25, 0.3) is 0 Å². The second-order valence-electron chi connectivity index (χ2n) is 6.57. The summed E-state index contributed by atoms with van der Waals surface area (Å²) in [6.45, 7) is 5.82. The van der Waals surface area contributed by atoms with Crippen LogP contribution in [0, 0.1) is 10.5 Å². The molecule has 3 aromatic rings. The highest BCUT2D eigenvalue weighted by atomic mass is 127. The van der Waals surface area contributed by atoms with Crippen LogP contribution in [0.2, 0.25) is 5.02 Å². The predicted octanol–water partition coefficient (Wildman–Crippen LogP) is 7.61. The van der Waals surface area contributed by atoms with Crippen LogP contribution >= 0.6 is 50.1 Å². The molecule has 0 saturated heterocycles. The van der Waals surface area contributed by atoms with Crippen LogP contribution in [0.1, 0.15) is 23.6 Å². The van der Waals surface area contributed by atoms with E-state index in [0.717, 1.165) is 41.4 Å². The summed E-state index contributed by atoms with van der Waals surface area (Å²) in [7, 11) is 0. The molecule has 0 fully saturated rings. The Morgan fingerprint density at radius 1 is 1.00 bits per heavy atom. The summed E-state index contributed by atoms with van der Waals surface area (Å²) in [5.41, 5.74) is 4.51. The fraction of sp³-hybridized carbons (Fsp3) is 0.217. The zero-order chi connectivity index (χ0) is 20.8. The Morgan fingerprint density at radius 3 is 2.45 bits per heavy atom. The standard InChI is InChI=1S/C23H22BrClINO2/c1-3-28-22-12-17(13-27-21-9-6-18(24)10-15(21)2)11-20(26)23(22)29-14-16-4-7-19(25)8-5-16/h4-12,27H,3,13-14H2,1-2H3. The van der Waals surface area contributed by atoms with E-state index in [1.807, 2.05) is 43.3 Å². The second kappa shape index (κ2) is 10.5. The van der Waals surface area contributed by atoms with E-state index < -0.39 is 0 Å². The van der Waals surface area contributed by atoms with Gasteiger partial charge in [0.15, 0.2) is 11.5 Å². The number of halogens is 3. The number of anilines is 1. The van der Waals surface area contributed by atoms with Gasteiger partial charge >= 0.3 is 0 Å². The number of hydrogen-bond acceptors (Lipinski definition) is 3. The highest BCUT2D eigenvalue weighted by Gasteiger charge is 2.13. The van der Waals surface area contributed by atoms with E-state index in [4.69, 9.17) is 21.1 Å². The van der Waals surface area contributed by atoms with Crippen LogP contribution in [0.15, 0.2) is 59.1 Å². The smallest absolute Gasteiger partial charge is 0.174 e. The molecular formula is C23H22BrClINO2. The van der Waals surface area contributed by atoms with Crippen molar-refractivity contribution in [2.45, 2.75) is 27.0 Å². The summed E-state index contributed by atoms with van der Waals surface area (Å²) < 4.78 is 14.1. The molecule has 0 heterocycles. The van der Waals surface area contributed by atoms with Gasteiger partial charge in [-0.05, 0) is 95.6 Å². The van der Waals surface area contributed by atoms with Gasteiger partial charge in [-0.15, -0.1) is 0 Å². The first-order valence-electron chi connectivity index (χ1n) is 9.28. The fourth-order valence-electron chi connectivity index (χ4n) is 2.89. The molecule has 0 aliphatic heterocycles. The minimum atomic E-state index is 0.461. The summed E-state index contributed by atoms with van der Waals surface area (Å²) >= 11 is 11.8. The normalized spacial score (nSPS) is 10.7. The first-order chi connectivity index (χ1) is 14.0. The van der Waals surface area contributed by atoms with Crippen LogP contribution in [0.4, 0.5) is 5.69 Å². The molecule has 0 saturated carbocycles. The minimum absolute atomic E-state index is 0.461. The van der Waals surface area contributed by atoms with E-state index in [-0.39, 0.29) is 0 Å². The molecule has 0 aromatic heterocycles. The Balaban J connectivity index is 1.75. The number of aryl methyl sites for hydroxylation is 1. The van der Waals surface area contributed by atoms with Crippen molar-refractivity contribution >= 4 is 55.8 Å². The fourth-order valence-corrected chi connectivity index (χ4v) is 4.31. The maximum Gasteiger partial charge on any atom is 0.174 e. The van der Waals surface area contributed by atoms with Crippen molar-refractivity contribution < 1.29 is 9.47 Å². The third-order valence-corrected chi connectivity index (χ3v) is 5.88. The van der Waals surface area contributed by atoms with Crippen molar-refractivity contribution in [1.82, 2.24) is 0 Å². The van der Waals surface area contributed by atoms with Crippen molar-refractivity contribution in [3.05, 3.63) is 84.4 Å². The Kier molecular flexibility index (Phi) is 8.09. The Bertz CT molecular complexity index is 979. The van der Waals surface area contributed by atoms with Crippen LogP contribution in [-0.2, 0) is 13.2 Å². The van der Waals surface area contributed by atoms with Gasteiger partial charge in [0.2, 0.25) is 0 Å². The molecule has 3 rings (SSSR count). The molecule has 6 heteroatoms. The average molecular weight is 587 g/mol. The lowest BCUT2D eigenvalue weighted by atomic mass is 10.1. The summed E-state index contributed by atoms with van der Waals surface area (Å²) in [5.74, 6) is 1.53. The third kappa shape index (κ3) is 6.27. The molecule has 0 atom stereocenters. The zero-order valence-corrected chi connectivity index (χ0v) is 20.8. The van der Waals surface area contributed by atoms with Gasteiger partial charge in [0.25, 0.3) is 0 Å². The van der Waals surface area contributed by atoms with E-state index in [1.54, 1.807) is 0 Å². The largest absolute Gasteiger partial charge is 0.490 e. The molecule has 152 valence electrons. The van der Waals surface area contributed by atoms with E-state index >= 15 is 0 Å². The highest BCUT2D eigenvalue weighted by molar-refractivity contribution is 14.1. The molecule has 0 amide bonds. The van der Waals surface area contributed by atoms with Gasteiger partial charge in [0.1, 0.15) is 6.61 Å². The number of ether oxygens (including phenoxy) is 2. The third-order valence-electron chi connectivity index (χ3n) is 4.34. The van der Waals surface area contributed by atoms with Gasteiger partial charge in [-0.25, -0.2) is 0 Å².